The molecule has 3 heterocycles. The Kier molecular flexibility index (Phi) is 43.4. The molecule has 6 aromatic rings. The van der Waals surface area contributed by atoms with Gasteiger partial charge in [0.25, 0.3) is 0 Å². The van der Waals surface area contributed by atoms with Crippen molar-refractivity contribution in [1.82, 2.24) is 93.6 Å². The molecule has 0 aliphatic carbocycles. The second-order valence-electron chi connectivity index (χ2n) is 39.3. The molecule has 0 bridgehead atoms. The van der Waals surface area contributed by atoms with Crippen LogP contribution in [0.2, 0.25) is 0 Å². The lowest BCUT2D eigenvalue weighted by molar-refractivity contribution is -0.147. The van der Waals surface area contributed by atoms with Gasteiger partial charge in [0, 0.05) is 98.1 Å². The maximum atomic E-state index is 16.1. The summed E-state index contributed by atoms with van der Waals surface area (Å²) in [6.45, 7) is 7.74. The third-order valence-corrected chi connectivity index (χ3v) is 25.8. The van der Waals surface area contributed by atoms with Crippen molar-refractivity contribution in [2.75, 3.05) is 91.7 Å². The van der Waals surface area contributed by atoms with Gasteiger partial charge in [-0.15, -0.1) is 0 Å². The molecule has 47 heteroatoms. The Labute approximate surface area is 864 Å². The second kappa shape index (κ2) is 55.3. The Morgan fingerprint density at radius 2 is 0.967 bits per heavy atom. The van der Waals surface area contributed by atoms with Crippen LogP contribution in [-0.4, -0.2) is 349 Å². The van der Waals surface area contributed by atoms with Gasteiger partial charge in [0.2, 0.25) is 94.5 Å². The molecule has 3 aliphatic heterocycles. The smallest absolute Gasteiger partial charge is 0.317 e. The minimum atomic E-state index is -2.67. The Hall–Kier alpha value is -15.8. The number of nitrogens with two attached hydrogens (primary N) is 2. The molecule has 16 amide bonds. The van der Waals surface area contributed by atoms with Crippen molar-refractivity contribution < 1.29 is 131 Å². The maximum absolute atomic E-state index is 16.1. The number of fused-ring (bicyclic) bond motifs is 2. The van der Waals surface area contributed by atoms with Crippen LogP contribution in [0, 0.1) is 5.41 Å². The number of amides is 16. The predicted octanol–water partition coefficient (Wildman–Crippen LogP) is -2.93. The number of benzene rings is 6. The molecule has 23 N–H and O–H groups in total. The number of nitrogens with one attached hydrogen (secondary N) is 13. The zero-order chi connectivity index (χ0) is 110. The predicted molar refractivity (Wildman–Crippen MR) is 542 cm³/mol. The summed E-state index contributed by atoms with van der Waals surface area (Å²) in [5.41, 5.74) is 7.91. The van der Waals surface area contributed by atoms with Gasteiger partial charge in [-0.3, -0.25) is 120 Å². The van der Waals surface area contributed by atoms with Crippen LogP contribution in [0.4, 0.5) is 0 Å². The van der Waals surface area contributed by atoms with Gasteiger partial charge in [0.15, 0.2) is 0 Å². The number of carbonyl (C=O) groups excluding carboxylic acids is 16. The van der Waals surface area contributed by atoms with Crippen molar-refractivity contribution in [3.63, 3.8) is 0 Å². The van der Waals surface area contributed by atoms with Gasteiger partial charge in [-0.2, -0.15) is 0 Å². The lowest BCUT2D eigenvalue weighted by atomic mass is 9.87. The number of likely N-dealkylation sites (tertiary alicyclic amines) is 1. The number of hydrogen-bond acceptors (Lipinski definition) is 26. The van der Waals surface area contributed by atoms with E-state index in [4.69, 9.17) is 11.5 Å². The van der Waals surface area contributed by atoms with Gasteiger partial charge < -0.3 is 116 Å². The normalized spacial score (nSPS) is 21.1. The molecule has 2 saturated heterocycles. The van der Waals surface area contributed by atoms with Crippen LogP contribution >= 0.6 is 0 Å². The molecular weight excluding hydrogens is 1950 g/mol. The summed E-state index contributed by atoms with van der Waals surface area (Å²) in [4.78, 5) is 305. The van der Waals surface area contributed by atoms with Crippen molar-refractivity contribution in [2.45, 2.75) is 210 Å². The molecule has 0 radical (unpaired) electrons. The molecule has 0 unspecified atom stereocenters. The second-order valence-corrected chi connectivity index (χ2v) is 39.3. The average molecular weight is 2080 g/mol. The van der Waals surface area contributed by atoms with Gasteiger partial charge in [-0.1, -0.05) is 172 Å². The van der Waals surface area contributed by atoms with Crippen LogP contribution in [0.3, 0.4) is 0 Å². The molecular formula is C103H134N20O27. The molecule has 2 fully saturated rings. The van der Waals surface area contributed by atoms with Crippen LogP contribution in [-0.2, 0) is 133 Å². The van der Waals surface area contributed by atoms with E-state index in [2.05, 4.69) is 69.1 Å². The van der Waals surface area contributed by atoms with E-state index in [0.717, 1.165) is 24.1 Å². The van der Waals surface area contributed by atoms with Gasteiger partial charge in [0.1, 0.15) is 77.5 Å². The lowest BCUT2D eigenvalue weighted by Gasteiger charge is -2.37. The Bertz CT molecular complexity index is 5930. The minimum Gasteiger partial charge on any atom is -0.481 e. The SMILES string of the molecule is CC(=O)N[C@H](C)C(=O)N[C@@H](CO)C(=O)N[C@@](C)(CC(=O)O)C(=O)N[C@H]1C/C=C/C[C@@H](C(=O)N2CCC[C@@]2(C)C(=O)N[C@@H](Cc2ccccc2)C(=O)N[C@@H](CC(=O)O)C(N)=O)NC(=O)[C@H](CC(N)=O)NC(=O)[C@H](Cc2ccc3ccccc3c2)NC(=O)[C@H](Cc2ccc(CNC(=O)CN3CCN(CC(=O)O)CCN(CC(=O)O)CCN(CC(=O)O)CC3)cc2)NC(=O)[C@H](CC(C)(C)C)NC(=O)[C@H](Cc2cccc3ccccc23)NC1=O. The van der Waals surface area contributed by atoms with Crippen molar-refractivity contribution in [3.8, 4) is 0 Å². The van der Waals surface area contributed by atoms with Gasteiger partial charge in [0.05, 0.1) is 52.0 Å². The number of nitrogens with zero attached hydrogens (tertiary/aromatic N) is 5. The third kappa shape index (κ3) is 36.7. The number of carbonyl (C=O) groups is 21. The Morgan fingerprint density at radius 1 is 0.473 bits per heavy atom. The van der Waals surface area contributed by atoms with Gasteiger partial charge >= 0.3 is 29.8 Å². The number of carboxylic acids is 5. The fourth-order valence-corrected chi connectivity index (χ4v) is 17.8. The number of aliphatic hydroxyl groups excluding tert-OH is 1. The highest BCUT2D eigenvalue weighted by Crippen LogP contribution is 2.32. The van der Waals surface area contributed by atoms with Crippen molar-refractivity contribution in [1.29, 1.82) is 0 Å². The van der Waals surface area contributed by atoms with Gasteiger partial charge in [-0.05, 0) is 108 Å². The number of aliphatic carboxylic acids is 5. The first-order chi connectivity index (χ1) is 70.9. The molecule has 13 atom stereocenters. The van der Waals surface area contributed by atoms with Crippen LogP contribution < -0.4 is 80.6 Å². The zero-order valence-corrected chi connectivity index (χ0v) is 84.5. The molecule has 6 aromatic carbocycles. The van der Waals surface area contributed by atoms with E-state index < -0.39 is 278 Å². The maximum Gasteiger partial charge on any atom is 0.317 e. The number of aliphatic hydroxyl groups is 1. The Morgan fingerprint density at radius 3 is 1.52 bits per heavy atom. The van der Waals surface area contributed by atoms with Gasteiger partial charge in [-0.25, -0.2) is 0 Å². The van der Waals surface area contributed by atoms with Crippen LogP contribution in [0.1, 0.15) is 128 Å². The van der Waals surface area contributed by atoms with Crippen molar-refractivity contribution >= 4 is 146 Å². The third-order valence-electron chi connectivity index (χ3n) is 25.8. The summed E-state index contributed by atoms with van der Waals surface area (Å²) in [6, 6.07) is 18.7. The first-order valence-electron chi connectivity index (χ1n) is 49.0. The molecule has 0 aromatic heterocycles. The molecule has 9 rings (SSSR count). The highest BCUT2D eigenvalue weighted by Gasteiger charge is 2.50. The topological polar surface area (TPSA) is 704 Å². The fraction of sp³-hybridized carbons (Fsp3) is 0.466. The highest BCUT2D eigenvalue weighted by molar-refractivity contribution is 6.04. The summed E-state index contributed by atoms with van der Waals surface area (Å²) in [5.74, 6) is -24.3. The number of rotatable bonds is 39. The van der Waals surface area contributed by atoms with Crippen LogP contribution in [0.25, 0.3) is 21.5 Å². The van der Waals surface area contributed by atoms with E-state index >= 15 is 43.2 Å². The molecule has 0 saturated carbocycles. The summed E-state index contributed by atoms with van der Waals surface area (Å²) in [7, 11) is 0. The monoisotopic (exact) mass is 2080 g/mol. The van der Waals surface area contributed by atoms with Crippen LogP contribution in [0.5, 0.6) is 0 Å². The van der Waals surface area contributed by atoms with Crippen LogP contribution in [0.15, 0.2) is 152 Å². The first-order valence-corrected chi connectivity index (χ1v) is 49.0. The lowest BCUT2D eigenvalue weighted by Crippen LogP contribution is -2.65. The quantitative estimate of drug-likeness (QED) is 0.0172. The van der Waals surface area contributed by atoms with E-state index in [1.165, 1.54) is 26.0 Å². The fourth-order valence-electron chi connectivity index (χ4n) is 17.8. The number of hydrogen-bond donors (Lipinski definition) is 21. The molecule has 808 valence electrons. The molecule has 3 aliphatic rings. The molecule has 150 heavy (non-hydrogen) atoms. The van der Waals surface area contributed by atoms with E-state index in [1.54, 1.807) is 174 Å². The highest BCUT2D eigenvalue weighted by atomic mass is 16.4. The summed E-state index contributed by atoms with van der Waals surface area (Å²) in [5, 5.41) is 96.0. The Balaban J connectivity index is 1.16. The minimum absolute atomic E-state index is 0.0427. The largest absolute Gasteiger partial charge is 0.481 e. The molecule has 47 nitrogen and oxygen atoms in total. The number of carboxylic acid groups (broad SMARTS) is 5. The summed E-state index contributed by atoms with van der Waals surface area (Å²) < 4.78 is 0. The standard InChI is InChI=1S/C103H134N20O27/c1-60(107-61(2)125)89(139)115-80(59-124)97(147)118-102(6,53-84(130)131)99(149)116-71-27-15-16-28-72(98(148)123-36-18-35-103(123,7)100(150)117-76(46-62-19-9-8-10-20-62)93(143)109-73(88(105)138)51-83(128)129)108-95(145)78(50-81(104)126)113-92(142)75(48-65-33-34-66-21-11-12-23-68(66)45-65)110-91(141)74(111-96(146)79(52-101(3,4)5)114-94(144)77(112-90(71)140)49-69-25-17-24-67-22-13-14-26-70(67)69)47-63-29-31-64(32-30-63)54-106-82(127)55-119-37-39-120(56-85(132)133)41-43-122(58-87(136)137)44-42-121(40-38-119)57-86(134)135/h8-17,19-26,29-34,45,60,71-80,124H,18,27-28,35-44,46-59H2,1-7H3,(H2,104,126)(H2,105,138)(H,106,127)(H,107,125)(H,108,145)(H,109,143)(H,110,141)(H,111,146)(H,112,140)(H,113,142)(H,114,144)(H,115,139)(H,116,149)(H,117,150)(H,118,147)(H,128,129)(H,130,131)(H,132,133)(H,134,135)(H,136,137)/b16-15+/t60-,71+,72+,73+,74+,75+,76+,77+,78+,79+,80+,102+,103+/m1/s1. The number of primary amides is 2. The zero-order valence-electron chi connectivity index (χ0n) is 84.5. The summed E-state index contributed by atoms with van der Waals surface area (Å²) in [6.07, 6.45) is -4.32. The summed E-state index contributed by atoms with van der Waals surface area (Å²) >= 11 is 0. The average Bonchev–Trinajstić information content (AvgIpc) is 1.62. The van der Waals surface area contributed by atoms with E-state index in [-0.39, 0.29) is 104 Å². The first kappa shape index (κ1) is 118. The van der Waals surface area contributed by atoms with E-state index in [1.807, 2.05) is 6.07 Å². The van der Waals surface area contributed by atoms with E-state index in [0.29, 0.717) is 44.0 Å². The van der Waals surface area contributed by atoms with Crippen molar-refractivity contribution in [2.24, 2.45) is 16.9 Å². The van der Waals surface area contributed by atoms with Crippen molar-refractivity contribution in [3.05, 3.63) is 179 Å². The van der Waals surface area contributed by atoms with E-state index in [9.17, 15) is 88.2 Å². The molecule has 0 spiro atoms.